The van der Waals surface area contributed by atoms with Crippen molar-refractivity contribution in [3.63, 3.8) is 0 Å². The third-order valence-electron chi connectivity index (χ3n) is 4.03. The fraction of sp³-hybridized carbons (Fsp3) is 0.444. The topological polar surface area (TPSA) is 15.3 Å². The first kappa shape index (κ1) is 14.6. The highest BCUT2D eigenvalue weighted by molar-refractivity contribution is 7.19. The maximum atomic E-state index is 5.56. The van der Waals surface area contributed by atoms with Crippen molar-refractivity contribution < 1.29 is 0 Å². The summed E-state index contributed by atoms with van der Waals surface area (Å²) in [7, 11) is 2.01. The first-order chi connectivity index (χ1) is 10.3. The Morgan fingerprint density at radius 2 is 2.19 bits per heavy atom. The van der Waals surface area contributed by atoms with E-state index in [-0.39, 0.29) is 0 Å². The van der Waals surface area contributed by atoms with Crippen molar-refractivity contribution in [2.45, 2.75) is 25.9 Å². The number of fused-ring (bicyclic) bond motifs is 1. The molecular formula is C18H22N2S. The van der Waals surface area contributed by atoms with Crippen molar-refractivity contribution >= 4 is 21.4 Å². The van der Waals surface area contributed by atoms with E-state index in [0.29, 0.717) is 0 Å². The summed E-state index contributed by atoms with van der Waals surface area (Å²) in [5.41, 5.74) is 1.46. The van der Waals surface area contributed by atoms with Gasteiger partial charge in [0.1, 0.15) is 0 Å². The van der Waals surface area contributed by atoms with Crippen LogP contribution in [0.5, 0.6) is 0 Å². The molecule has 0 aliphatic heterocycles. The summed E-state index contributed by atoms with van der Waals surface area (Å²) in [6.45, 7) is 3.80. The second-order valence-electron chi connectivity index (χ2n) is 5.85. The molecule has 21 heavy (non-hydrogen) atoms. The molecule has 110 valence electrons. The van der Waals surface area contributed by atoms with Gasteiger partial charge in [-0.2, -0.15) is 0 Å². The zero-order chi connectivity index (χ0) is 14.7. The van der Waals surface area contributed by atoms with Crippen molar-refractivity contribution in [2.75, 3.05) is 20.1 Å². The maximum absolute atomic E-state index is 5.56. The molecule has 2 nitrogen and oxygen atoms in total. The molecule has 1 heterocycles. The summed E-state index contributed by atoms with van der Waals surface area (Å²) in [6.07, 6.45) is 8.30. The lowest BCUT2D eigenvalue weighted by atomic mass is 10.1. The van der Waals surface area contributed by atoms with Gasteiger partial charge in [-0.25, -0.2) is 0 Å². The Morgan fingerprint density at radius 1 is 1.38 bits per heavy atom. The third kappa shape index (κ3) is 3.47. The molecule has 0 spiro atoms. The van der Waals surface area contributed by atoms with Gasteiger partial charge in [-0.3, -0.25) is 4.90 Å². The molecule has 1 fully saturated rings. The fourth-order valence-corrected chi connectivity index (χ4v) is 4.06. The highest BCUT2D eigenvalue weighted by atomic mass is 32.1. The molecule has 0 radical (unpaired) electrons. The van der Waals surface area contributed by atoms with Crippen LogP contribution in [0.2, 0.25) is 0 Å². The van der Waals surface area contributed by atoms with Crippen LogP contribution in [0.3, 0.4) is 0 Å². The van der Waals surface area contributed by atoms with Gasteiger partial charge < -0.3 is 5.32 Å². The van der Waals surface area contributed by atoms with E-state index < -0.39 is 0 Å². The van der Waals surface area contributed by atoms with E-state index in [0.717, 1.165) is 32.1 Å². The predicted octanol–water partition coefficient (Wildman–Crippen LogP) is 3.47. The van der Waals surface area contributed by atoms with Gasteiger partial charge in [-0.1, -0.05) is 24.1 Å². The largest absolute Gasteiger partial charge is 0.315 e. The van der Waals surface area contributed by atoms with Crippen LogP contribution in [0, 0.1) is 18.3 Å². The number of thiophene rings is 1. The van der Waals surface area contributed by atoms with Gasteiger partial charge in [-0.15, -0.1) is 17.8 Å². The van der Waals surface area contributed by atoms with Crippen LogP contribution in [-0.4, -0.2) is 25.0 Å². The molecule has 0 bridgehead atoms. The van der Waals surface area contributed by atoms with Crippen molar-refractivity contribution in [1.82, 2.24) is 10.2 Å². The summed E-state index contributed by atoms with van der Waals surface area (Å²) < 4.78 is 1.38. The molecule has 0 unspecified atom stereocenters. The molecule has 1 saturated carbocycles. The molecule has 0 atom stereocenters. The molecule has 3 rings (SSSR count). The lowest BCUT2D eigenvalue weighted by Gasteiger charge is -2.20. The quantitative estimate of drug-likeness (QED) is 0.788. The third-order valence-corrected chi connectivity index (χ3v) is 5.24. The lowest BCUT2D eigenvalue weighted by Crippen LogP contribution is -2.26. The van der Waals surface area contributed by atoms with E-state index in [4.69, 9.17) is 6.42 Å². The first-order valence-corrected chi connectivity index (χ1v) is 8.43. The molecule has 1 aliphatic rings. The van der Waals surface area contributed by atoms with E-state index >= 15 is 0 Å². The molecule has 0 amide bonds. The summed E-state index contributed by atoms with van der Waals surface area (Å²) >= 11 is 1.90. The van der Waals surface area contributed by atoms with Gasteiger partial charge in [0, 0.05) is 29.2 Å². The van der Waals surface area contributed by atoms with Crippen LogP contribution in [0.4, 0.5) is 0 Å². The second-order valence-corrected chi connectivity index (χ2v) is 6.98. The van der Waals surface area contributed by atoms with E-state index in [9.17, 15) is 0 Å². The minimum Gasteiger partial charge on any atom is -0.315 e. The Hall–Kier alpha value is -1.34. The van der Waals surface area contributed by atoms with E-state index in [1.165, 1.54) is 33.4 Å². The van der Waals surface area contributed by atoms with Crippen LogP contribution in [0.15, 0.2) is 24.3 Å². The van der Waals surface area contributed by atoms with Crippen molar-refractivity contribution in [2.24, 2.45) is 5.92 Å². The Morgan fingerprint density at radius 3 is 2.90 bits per heavy atom. The fourth-order valence-electron chi connectivity index (χ4n) is 2.83. The maximum Gasteiger partial charge on any atom is 0.0601 e. The smallest absolute Gasteiger partial charge is 0.0601 e. The van der Waals surface area contributed by atoms with Crippen LogP contribution in [0.1, 0.15) is 23.3 Å². The summed E-state index contributed by atoms with van der Waals surface area (Å²) in [5, 5.41) is 4.69. The van der Waals surface area contributed by atoms with Crippen molar-refractivity contribution in [3.05, 3.63) is 34.7 Å². The van der Waals surface area contributed by atoms with Crippen LogP contribution < -0.4 is 5.32 Å². The average molecular weight is 298 g/mol. The van der Waals surface area contributed by atoms with Gasteiger partial charge >= 0.3 is 0 Å². The Labute approximate surface area is 131 Å². The number of benzene rings is 1. The van der Waals surface area contributed by atoms with Gasteiger partial charge in [0.25, 0.3) is 0 Å². The zero-order valence-corrected chi connectivity index (χ0v) is 13.4. The number of nitrogens with zero attached hydrogens (tertiary/aromatic N) is 1. The minimum atomic E-state index is 0.750. The number of hydrogen-bond acceptors (Lipinski definition) is 3. The monoisotopic (exact) mass is 298 g/mol. The lowest BCUT2D eigenvalue weighted by molar-refractivity contribution is 0.287. The molecule has 1 aromatic heterocycles. The molecule has 1 N–H and O–H groups in total. The van der Waals surface area contributed by atoms with Crippen LogP contribution in [0.25, 0.3) is 10.1 Å². The standard InChI is InChI=1S/C18H22N2S/c1-3-10-20(12-14-8-9-14)13-16-15-6-4-5-7-17(15)21-18(16)11-19-2/h1,4-7,14,19H,8-13H2,2H3. The second kappa shape index (κ2) is 6.62. The molecule has 1 aromatic carbocycles. The number of rotatable bonds is 7. The van der Waals surface area contributed by atoms with Gasteiger partial charge in [0.2, 0.25) is 0 Å². The van der Waals surface area contributed by atoms with Gasteiger partial charge in [0.15, 0.2) is 0 Å². The molecular weight excluding hydrogens is 276 g/mol. The zero-order valence-electron chi connectivity index (χ0n) is 12.6. The Bertz CT molecular complexity index is 649. The normalized spacial score (nSPS) is 14.7. The van der Waals surface area contributed by atoms with E-state index in [2.05, 4.69) is 40.4 Å². The summed E-state index contributed by atoms with van der Waals surface area (Å²) in [5.74, 6) is 3.70. The van der Waals surface area contributed by atoms with E-state index in [1.807, 2.05) is 18.4 Å². The average Bonchev–Trinajstić information content (AvgIpc) is 3.23. The molecule has 2 aromatic rings. The summed E-state index contributed by atoms with van der Waals surface area (Å²) in [6, 6.07) is 8.71. The number of nitrogens with one attached hydrogen (secondary N) is 1. The van der Waals surface area contributed by atoms with Crippen LogP contribution in [-0.2, 0) is 13.1 Å². The highest BCUT2D eigenvalue weighted by Crippen LogP contribution is 2.34. The highest BCUT2D eigenvalue weighted by Gasteiger charge is 2.25. The predicted molar refractivity (Wildman–Crippen MR) is 91.4 cm³/mol. The van der Waals surface area contributed by atoms with Gasteiger partial charge in [-0.05, 0) is 42.8 Å². The van der Waals surface area contributed by atoms with E-state index in [1.54, 1.807) is 0 Å². The SMILES string of the molecule is C#CCN(Cc1c(CNC)sc2ccccc12)CC1CC1. The number of hydrogen-bond donors (Lipinski definition) is 1. The molecule has 0 saturated heterocycles. The Balaban J connectivity index is 1.89. The van der Waals surface area contributed by atoms with Crippen LogP contribution >= 0.6 is 11.3 Å². The minimum absolute atomic E-state index is 0.750. The van der Waals surface area contributed by atoms with Crippen molar-refractivity contribution in [3.8, 4) is 12.3 Å². The first-order valence-electron chi connectivity index (χ1n) is 7.61. The van der Waals surface area contributed by atoms with Crippen molar-refractivity contribution in [1.29, 1.82) is 0 Å². The Kier molecular flexibility index (Phi) is 4.60. The summed E-state index contributed by atoms with van der Waals surface area (Å²) in [4.78, 5) is 3.88. The number of terminal acetylenes is 1. The molecule has 3 heteroatoms. The van der Waals surface area contributed by atoms with Gasteiger partial charge in [0.05, 0.1) is 6.54 Å². The molecule has 1 aliphatic carbocycles.